The minimum absolute atomic E-state index is 0.0438. The van der Waals surface area contributed by atoms with Crippen LogP contribution in [-0.2, 0) is 0 Å². The molecule has 2 fully saturated rings. The molecule has 0 amide bonds. The van der Waals surface area contributed by atoms with Gasteiger partial charge in [-0.1, -0.05) is 38.5 Å². The Labute approximate surface area is 105 Å². The van der Waals surface area contributed by atoms with Crippen molar-refractivity contribution < 1.29 is 0 Å². The number of rotatable bonds is 2. The molecular weight excluding hydrogens is 208 g/mol. The van der Waals surface area contributed by atoms with Crippen LogP contribution in [0.2, 0.25) is 0 Å². The van der Waals surface area contributed by atoms with E-state index in [4.69, 9.17) is 0 Å². The SMILES string of the molecule is N#CC(C#N)C1(C2CCCCC2)CCCCC1. The molecule has 2 nitrogen and oxygen atoms in total. The van der Waals surface area contributed by atoms with Gasteiger partial charge in [-0.25, -0.2) is 0 Å². The van der Waals surface area contributed by atoms with Crippen molar-refractivity contribution in [3.8, 4) is 12.1 Å². The molecule has 0 spiro atoms. The predicted octanol–water partition coefficient (Wildman–Crippen LogP) is 4.18. The van der Waals surface area contributed by atoms with Crippen LogP contribution in [0.15, 0.2) is 0 Å². The van der Waals surface area contributed by atoms with Crippen molar-refractivity contribution >= 4 is 0 Å². The second kappa shape index (κ2) is 5.54. The van der Waals surface area contributed by atoms with Crippen molar-refractivity contribution in [1.29, 1.82) is 10.5 Å². The molecule has 2 rings (SSSR count). The Hall–Kier alpha value is -1.02. The van der Waals surface area contributed by atoms with Crippen LogP contribution in [0.3, 0.4) is 0 Å². The summed E-state index contributed by atoms with van der Waals surface area (Å²) in [5.41, 5.74) is 0.0438. The predicted molar refractivity (Wildman–Crippen MR) is 66.8 cm³/mol. The third kappa shape index (κ3) is 2.32. The van der Waals surface area contributed by atoms with E-state index in [0.29, 0.717) is 5.92 Å². The maximum Gasteiger partial charge on any atom is 0.139 e. The standard InChI is InChI=1S/C15H22N2/c16-11-14(12-17)15(9-5-2-6-10-15)13-7-3-1-4-8-13/h13-14H,1-10H2. The molecule has 17 heavy (non-hydrogen) atoms. The molecule has 0 bridgehead atoms. The lowest BCUT2D eigenvalue weighted by Crippen LogP contribution is -2.40. The van der Waals surface area contributed by atoms with E-state index in [9.17, 15) is 10.5 Å². The number of hydrogen-bond acceptors (Lipinski definition) is 2. The summed E-state index contributed by atoms with van der Waals surface area (Å²) in [5.74, 6) is 0.270. The highest BCUT2D eigenvalue weighted by atomic mass is 14.5. The van der Waals surface area contributed by atoms with Crippen LogP contribution in [0.1, 0.15) is 64.2 Å². The fraction of sp³-hybridized carbons (Fsp3) is 0.867. The molecule has 0 radical (unpaired) electrons. The van der Waals surface area contributed by atoms with E-state index in [1.165, 1.54) is 51.4 Å². The molecule has 0 N–H and O–H groups in total. The molecule has 0 aromatic rings. The molecule has 92 valence electrons. The Balaban J connectivity index is 2.22. The third-order valence-corrected chi connectivity index (χ3v) is 5.04. The second-order valence-electron chi connectivity index (χ2n) is 5.82. The first kappa shape index (κ1) is 12.4. The normalized spacial score (nSPS) is 25.1. The van der Waals surface area contributed by atoms with Gasteiger partial charge in [-0.2, -0.15) is 10.5 Å². The first-order valence-electron chi connectivity index (χ1n) is 7.13. The zero-order valence-corrected chi connectivity index (χ0v) is 10.6. The highest BCUT2D eigenvalue weighted by Gasteiger charge is 2.46. The Morgan fingerprint density at radius 3 is 1.88 bits per heavy atom. The van der Waals surface area contributed by atoms with Gasteiger partial charge in [0.15, 0.2) is 0 Å². The van der Waals surface area contributed by atoms with Crippen LogP contribution in [0.25, 0.3) is 0 Å². The Bertz CT molecular complexity index is 308. The van der Waals surface area contributed by atoms with Gasteiger partial charge in [-0.05, 0) is 31.6 Å². The summed E-state index contributed by atoms with van der Waals surface area (Å²) in [4.78, 5) is 0. The summed E-state index contributed by atoms with van der Waals surface area (Å²) >= 11 is 0. The summed E-state index contributed by atoms with van der Waals surface area (Å²) in [7, 11) is 0. The van der Waals surface area contributed by atoms with Gasteiger partial charge in [0.2, 0.25) is 0 Å². The summed E-state index contributed by atoms with van der Waals surface area (Å²) in [5, 5.41) is 18.6. The number of hydrogen-bond donors (Lipinski definition) is 0. The van der Waals surface area contributed by atoms with Crippen LogP contribution in [0, 0.1) is 39.9 Å². The van der Waals surface area contributed by atoms with Gasteiger partial charge in [0.25, 0.3) is 0 Å². The van der Waals surface area contributed by atoms with Crippen molar-refractivity contribution in [3.05, 3.63) is 0 Å². The topological polar surface area (TPSA) is 47.6 Å². The lowest BCUT2D eigenvalue weighted by Gasteiger charge is -2.46. The fourth-order valence-electron chi connectivity index (χ4n) is 4.11. The largest absolute Gasteiger partial charge is 0.197 e. The van der Waals surface area contributed by atoms with E-state index in [0.717, 1.165) is 12.8 Å². The molecule has 2 saturated carbocycles. The van der Waals surface area contributed by atoms with Crippen LogP contribution in [-0.4, -0.2) is 0 Å². The number of nitriles is 2. The minimum Gasteiger partial charge on any atom is -0.197 e. The smallest absolute Gasteiger partial charge is 0.139 e. The van der Waals surface area contributed by atoms with Crippen molar-refractivity contribution in [2.45, 2.75) is 64.2 Å². The van der Waals surface area contributed by atoms with Crippen molar-refractivity contribution in [2.24, 2.45) is 17.3 Å². The van der Waals surface area contributed by atoms with E-state index in [-0.39, 0.29) is 11.3 Å². The summed E-state index contributed by atoms with van der Waals surface area (Å²) in [6.45, 7) is 0. The monoisotopic (exact) mass is 230 g/mol. The highest BCUT2D eigenvalue weighted by Crippen LogP contribution is 2.52. The van der Waals surface area contributed by atoms with E-state index >= 15 is 0 Å². The third-order valence-electron chi connectivity index (χ3n) is 5.04. The zero-order chi connectivity index (χ0) is 12.1. The molecule has 0 heterocycles. The molecule has 2 aliphatic carbocycles. The lowest BCUT2D eigenvalue weighted by molar-refractivity contribution is 0.0458. The number of nitrogens with zero attached hydrogens (tertiary/aromatic N) is 2. The molecule has 0 aliphatic heterocycles. The molecular formula is C15H22N2. The second-order valence-corrected chi connectivity index (χ2v) is 5.82. The van der Waals surface area contributed by atoms with Crippen molar-refractivity contribution in [3.63, 3.8) is 0 Å². The van der Waals surface area contributed by atoms with Crippen LogP contribution in [0.5, 0.6) is 0 Å². The Morgan fingerprint density at radius 1 is 0.824 bits per heavy atom. The van der Waals surface area contributed by atoms with Gasteiger partial charge in [0.1, 0.15) is 5.92 Å². The van der Waals surface area contributed by atoms with Gasteiger partial charge in [0, 0.05) is 5.41 Å². The summed E-state index contributed by atoms with van der Waals surface area (Å²) < 4.78 is 0. The first-order valence-corrected chi connectivity index (χ1v) is 7.13. The molecule has 0 atom stereocenters. The molecule has 0 aromatic carbocycles. The quantitative estimate of drug-likeness (QED) is 0.714. The van der Waals surface area contributed by atoms with Gasteiger partial charge in [-0.15, -0.1) is 0 Å². The van der Waals surface area contributed by atoms with Crippen molar-refractivity contribution in [2.75, 3.05) is 0 Å². The van der Waals surface area contributed by atoms with Crippen molar-refractivity contribution in [1.82, 2.24) is 0 Å². The Kier molecular flexibility index (Phi) is 4.06. The summed E-state index contributed by atoms with van der Waals surface area (Å²) in [6.07, 6.45) is 12.4. The average Bonchev–Trinajstić information content (AvgIpc) is 2.42. The Morgan fingerprint density at radius 2 is 1.35 bits per heavy atom. The van der Waals surface area contributed by atoms with Crippen LogP contribution in [0.4, 0.5) is 0 Å². The van der Waals surface area contributed by atoms with Gasteiger partial charge in [0.05, 0.1) is 12.1 Å². The van der Waals surface area contributed by atoms with E-state index < -0.39 is 0 Å². The molecule has 0 unspecified atom stereocenters. The maximum absolute atomic E-state index is 9.30. The van der Waals surface area contributed by atoms with Gasteiger partial charge >= 0.3 is 0 Å². The fourth-order valence-corrected chi connectivity index (χ4v) is 4.11. The summed E-state index contributed by atoms with van der Waals surface area (Å²) in [6, 6.07) is 4.60. The van der Waals surface area contributed by atoms with Crippen LogP contribution >= 0.6 is 0 Å². The maximum atomic E-state index is 9.30. The molecule has 2 aliphatic rings. The zero-order valence-electron chi connectivity index (χ0n) is 10.6. The van der Waals surface area contributed by atoms with Gasteiger partial charge in [-0.3, -0.25) is 0 Å². The lowest BCUT2D eigenvalue weighted by atomic mass is 9.56. The molecule has 0 aromatic heterocycles. The van der Waals surface area contributed by atoms with E-state index in [1.807, 2.05) is 0 Å². The average molecular weight is 230 g/mol. The first-order chi connectivity index (χ1) is 8.33. The van der Waals surface area contributed by atoms with E-state index in [1.54, 1.807) is 0 Å². The van der Waals surface area contributed by atoms with E-state index in [2.05, 4.69) is 12.1 Å². The minimum atomic E-state index is -0.370. The highest BCUT2D eigenvalue weighted by molar-refractivity contribution is 5.12. The molecule has 0 saturated heterocycles. The molecule has 2 heteroatoms. The van der Waals surface area contributed by atoms with Gasteiger partial charge < -0.3 is 0 Å². The van der Waals surface area contributed by atoms with Crippen LogP contribution < -0.4 is 0 Å².